The Morgan fingerprint density at radius 2 is 2.17 bits per heavy atom. The third-order valence-corrected chi connectivity index (χ3v) is 6.87. The lowest BCUT2D eigenvalue weighted by Gasteiger charge is -2.39. The summed E-state index contributed by atoms with van der Waals surface area (Å²) in [5.74, 6) is 0.115. The molecule has 0 aliphatic carbocycles. The van der Waals surface area contributed by atoms with Gasteiger partial charge in [0.15, 0.2) is 0 Å². The van der Waals surface area contributed by atoms with E-state index in [0.29, 0.717) is 36.8 Å². The molecule has 2 aromatic rings. The van der Waals surface area contributed by atoms with E-state index in [4.69, 9.17) is 12.5 Å². The molecule has 4 rings (SSSR count). The van der Waals surface area contributed by atoms with Crippen LogP contribution in [0.2, 0.25) is 0 Å². The first-order valence-corrected chi connectivity index (χ1v) is 11.2. The van der Waals surface area contributed by atoms with E-state index >= 15 is 0 Å². The number of rotatable bonds is 6. The van der Waals surface area contributed by atoms with Gasteiger partial charge >= 0.3 is 0 Å². The SMILES string of the molecule is Cc1ccc(F)cc1C1=NN(C(=O)COCCOI)C2(CCOc3ccccc32)S1. The summed E-state index contributed by atoms with van der Waals surface area (Å²) in [4.78, 5) is 12.4. The summed E-state index contributed by atoms with van der Waals surface area (Å²) in [7, 11) is 0. The average molecular weight is 542 g/mol. The van der Waals surface area contributed by atoms with Crippen LogP contribution in [0, 0.1) is 12.7 Å². The Balaban J connectivity index is 1.73. The molecule has 2 aliphatic heterocycles. The van der Waals surface area contributed by atoms with Crippen molar-refractivity contribution in [1.29, 1.82) is 0 Å². The number of hydrogen-bond acceptors (Lipinski definition) is 6. The van der Waals surface area contributed by atoms with Crippen molar-refractivity contribution >= 4 is 45.7 Å². The minimum Gasteiger partial charge on any atom is -0.493 e. The molecule has 1 unspecified atom stereocenters. The minimum absolute atomic E-state index is 0.121. The molecule has 0 aromatic heterocycles. The van der Waals surface area contributed by atoms with E-state index in [9.17, 15) is 9.18 Å². The van der Waals surface area contributed by atoms with Crippen LogP contribution in [0.4, 0.5) is 4.39 Å². The Morgan fingerprint density at radius 1 is 1.33 bits per heavy atom. The fourth-order valence-corrected chi connectivity index (χ4v) is 5.22. The predicted octanol–water partition coefficient (Wildman–Crippen LogP) is 4.39. The van der Waals surface area contributed by atoms with E-state index in [0.717, 1.165) is 16.9 Å². The van der Waals surface area contributed by atoms with Crippen molar-refractivity contribution in [3.63, 3.8) is 0 Å². The normalized spacial score (nSPS) is 20.1. The fraction of sp³-hybridized carbons (Fsp3) is 0.333. The molecule has 0 bridgehead atoms. The highest BCUT2D eigenvalue weighted by Crippen LogP contribution is 2.54. The van der Waals surface area contributed by atoms with Crippen molar-refractivity contribution in [3.8, 4) is 5.75 Å². The molecule has 158 valence electrons. The number of aryl methyl sites for hydroxylation is 1. The maximum Gasteiger partial charge on any atom is 0.270 e. The number of hydrogen-bond donors (Lipinski definition) is 0. The van der Waals surface area contributed by atoms with E-state index < -0.39 is 4.87 Å². The number of hydrazone groups is 1. The second-order valence-electron chi connectivity index (χ2n) is 6.92. The van der Waals surface area contributed by atoms with Crippen molar-refractivity contribution in [1.82, 2.24) is 5.01 Å². The number of benzene rings is 2. The first kappa shape index (κ1) is 21.5. The number of halogens is 2. The maximum absolute atomic E-state index is 14.0. The van der Waals surface area contributed by atoms with E-state index in [2.05, 4.69) is 5.10 Å². The van der Waals surface area contributed by atoms with Gasteiger partial charge in [-0.25, -0.2) is 9.40 Å². The highest BCUT2D eigenvalue weighted by Gasteiger charge is 2.51. The standard InChI is InChI=1S/C21H20FIN2O4S/c1-14-6-7-15(22)12-16(14)20-24-25(19(26)13-27-10-11-29-23)21(30-20)8-9-28-18-5-3-2-4-17(18)21/h2-7,12H,8-11,13H2,1H3. The van der Waals surface area contributed by atoms with Gasteiger partial charge in [-0.05, 0) is 30.7 Å². The largest absolute Gasteiger partial charge is 0.493 e. The van der Waals surface area contributed by atoms with Gasteiger partial charge in [0, 0.05) is 17.5 Å². The number of nitrogens with zero attached hydrogens (tertiary/aromatic N) is 2. The number of thioether (sulfide) groups is 1. The highest BCUT2D eigenvalue weighted by atomic mass is 127. The lowest BCUT2D eigenvalue weighted by molar-refractivity contribution is -0.140. The van der Waals surface area contributed by atoms with Crippen LogP contribution in [0.15, 0.2) is 47.6 Å². The molecule has 2 heterocycles. The molecule has 6 nitrogen and oxygen atoms in total. The molecule has 0 N–H and O–H groups in total. The van der Waals surface area contributed by atoms with Crippen LogP contribution < -0.4 is 4.74 Å². The van der Waals surface area contributed by atoms with Crippen molar-refractivity contribution < 1.29 is 21.7 Å². The second-order valence-corrected chi connectivity index (χ2v) is 8.81. The van der Waals surface area contributed by atoms with Gasteiger partial charge in [0.1, 0.15) is 51.1 Å². The molecule has 0 saturated carbocycles. The van der Waals surface area contributed by atoms with Crippen LogP contribution in [0.3, 0.4) is 0 Å². The summed E-state index contributed by atoms with van der Waals surface area (Å²) in [6.45, 7) is 2.93. The quantitative estimate of drug-likeness (QED) is 0.401. The number of amides is 1. The smallest absolute Gasteiger partial charge is 0.270 e. The molecule has 30 heavy (non-hydrogen) atoms. The van der Waals surface area contributed by atoms with Gasteiger partial charge < -0.3 is 12.5 Å². The Morgan fingerprint density at radius 3 is 3.00 bits per heavy atom. The molecule has 2 aromatic carbocycles. The summed E-state index contributed by atoms with van der Waals surface area (Å²) in [5, 5.41) is 6.76. The van der Waals surface area contributed by atoms with Gasteiger partial charge in [-0.2, -0.15) is 5.10 Å². The third kappa shape index (κ3) is 4.08. The first-order valence-electron chi connectivity index (χ1n) is 9.46. The number of carbonyl (C=O) groups is 1. The molecule has 9 heteroatoms. The zero-order valence-electron chi connectivity index (χ0n) is 16.3. The number of carbonyl (C=O) groups excluding carboxylic acids is 1. The lowest BCUT2D eigenvalue weighted by Crippen LogP contribution is -2.46. The molecule has 1 amide bonds. The molecule has 2 aliphatic rings. The Kier molecular flexibility index (Phi) is 6.61. The monoisotopic (exact) mass is 542 g/mol. The number of fused-ring (bicyclic) bond motifs is 2. The van der Waals surface area contributed by atoms with E-state index in [-0.39, 0.29) is 18.3 Å². The summed E-state index contributed by atoms with van der Waals surface area (Å²) < 4.78 is 30.2. The van der Waals surface area contributed by atoms with E-state index in [1.807, 2.05) is 31.2 Å². The van der Waals surface area contributed by atoms with Crippen molar-refractivity contribution in [2.45, 2.75) is 18.2 Å². The Hall–Kier alpha value is -1.69. The van der Waals surface area contributed by atoms with Crippen LogP contribution in [0.1, 0.15) is 23.1 Å². The van der Waals surface area contributed by atoms with Crippen LogP contribution in [0.25, 0.3) is 0 Å². The molecule has 0 saturated heterocycles. The number of para-hydroxylation sites is 1. The summed E-state index contributed by atoms with van der Waals surface area (Å²) in [6, 6.07) is 12.2. The third-order valence-electron chi connectivity index (χ3n) is 5.00. The van der Waals surface area contributed by atoms with E-state index in [1.165, 1.54) is 28.9 Å². The molecule has 1 spiro atoms. The lowest BCUT2D eigenvalue weighted by atomic mass is 9.99. The van der Waals surface area contributed by atoms with Crippen LogP contribution in [-0.2, 0) is 17.5 Å². The van der Waals surface area contributed by atoms with Gasteiger partial charge in [0.2, 0.25) is 0 Å². The first-order chi connectivity index (χ1) is 14.5. The highest BCUT2D eigenvalue weighted by molar-refractivity contribution is 14.1. The summed E-state index contributed by atoms with van der Waals surface area (Å²) >= 11 is 3.24. The minimum atomic E-state index is -0.761. The van der Waals surface area contributed by atoms with Crippen LogP contribution in [-0.4, -0.2) is 42.4 Å². The van der Waals surface area contributed by atoms with Crippen LogP contribution in [0.5, 0.6) is 5.75 Å². The predicted molar refractivity (Wildman–Crippen MR) is 121 cm³/mol. The molecular weight excluding hydrogens is 522 g/mol. The number of ether oxygens (including phenoxy) is 2. The molecule has 1 atom stereocenters. The Bertz CT molecular complexity index is 989. The van der Waals surface area contributed by atoms with Crippen molar-refractivity contribution in [3.05, 3.63) is 65.0 Å². The molecular formula is C21H20FIN2O4S. The van der Waals surface area contributed by atoms with Crippen molar-refractivity contribution in [2.24, 2.45) is 5.10 Å². The van der Waals surface area contributed by atoms with Gasteiger partial charge in [0.05, 0.1) is 19.8 Å². The fourth-order valence-electron chi connectivity index (χ4n) is 3.57. The Labute approximate surface area is 192 Å². The van der Waals surface area contributed by atoms with Gasteiger partial charge in [-0.3, -0.25) is 4.79 Å². The average Bonchev–Trinajstić information content (AvgIpc) is 3.13. The zero-order valence-corrected chi connectivity index (χ0v) is 19.2. The molecule has 0 fully saturated rings. The van der Waals surface area contributed by atoms with Gasteiger partial charge in [-0.15, -0.1) is 0 Å². The summed E-state index contributed by atoms with van der Waals surface area (Å²) in [5.41, 5.74) is 2.44. The van der Waals surface area contributed by atoms with E-state index in [1.54, 1.807) is 29.1 Å². The zero-order chi connectivity index (χ0) is 21.1. The second kappa shape index (κ2) is 9.21. The van der Waals surface area contributed by atoms with Crippen LogP contribution >= 0.6 is 34.8 Å². The topological polar surface area (TPSA) is 60.4 Å². The molecule has 0 radical (unpaired) electrons. The van der Waals surface area contributed by atoms with Crippen molar-refractivity contribution in [2.75, 3.05) is 26.4 Å². The summed E-state index contributed by atoms with van der Waals surface area (Å²) in [6.07, 6.45) is 0.554. The van der Waals surface area contributed by atoms with Gasteiger partial charge in [-0.1, -0.05) is 36.0 Å². The van der Waals surface area contributed by atoms with Gasteiger partial charge in [0.25, 0.3) is 5.91 Å². The maximum atomic E-state index is 14.0.